The molecular weight excluding hydrogens is 441 g/mol. The van der Waals surface area contributed by atoms with Crippen molar-refractivity contribution in [2.75, 3.05) is 18.5 Å². The van der Waals surface area contributed by atoms with Crippen LogP contribution in [0, 0.1) is 0 Å². The number of esters is 1. The van der Waals surface area contributed by atoms with E-state index in [0.29, 0.717) is 25.5 Å². The van der Waals surface area contributed by atoms with E-state index in [9.17, 15) is 4.79 Å². The fourth-order valence-corrected chi connectivity index (χ4v) is 3.24. The maximum absolute atomic E-state index is 11.2. The molecule has 0 spiro atoms. The number of nitrogens with two attached hydrogens (primary N) is 1. The van der Waals surface area contributed by atoms with Gasteiger partial charge in [-0.25, -0.2) is 0 Å². The summed E-state index contributed by atoms with van der Waals surface area (Å²) in [5, 5.41) is 3.27. The van der Waals surface area contributed by atoms with E-state index in [2.05, 4.69) is 28.5 Å². The molecule has 0 heterocycles. The molecule has 26 heavy (non-hydrogen) atoms. The standard InChI is InChI=1S/C20H31N3O2.HI/c1-2-25-19(24)14-5-3-4-8-15-22-20(21)23-18-13-9-11-16-10-6-7-12-17(16)18;/h9,11,13H,2-8,10,12,14-15H2,1H3,(H3,21,22,23);1H. The smallest absolute Gasteiger partial charge is 0.305 e. The number of hydrogen-bond acceptors (Lipinski definition) is 3. The number of nitrogens with one attached hydrogen (secondary N) is 1. The molecule has 0 aliphatic heterocycles. The average molecular weight is 473 g/mol. The first-order chi connectivity index (χ1) is 12.2. The number of benzene rings is 1. The van der Waals surface area contributed by atoms with Gasteiger partial charge in [-0.1, -0.05) is 25.0 Å². The minimum Gasteiger partial charge on any atom is -0.466 e. The number of carbonyl (C=O) groups is 1. The number of hydrogen-bond donors (Lipinski definition) is 2. The summed E-state index contributed by atoms with van der Waals surface area (Å²) in [4.78, 5) is 15.7. The summed E-state index contributed by atoms with van der Waals surface area (Å²) in [5.74, 6) is 0.394. The summed E-state index contributed by atoms with van der Waals surface area (Å²) >= 11 is 0. The van der Waals surface area contributed by atoms with Crippen LogP contribution in [-0.4, -0.2) is 25.1 Å². The first-order valence-corrected chi connectivity index (χ1v) is 9.54. The lowest BCUT2D eigenvalue weighted by molar-refractivity contribution is -0.143. The van der Waals surface area contributed by atoms with Crippen molar-refractivity contribution in [1.29, 1.82) is 0 Å². The van der Waals surface area contributed by atoms with Crippen LogP contribution in [-0.2, 0) is 22.4 Å². The molecule has 2 rings (SSSR count). The van der Waals surface area contributed by atoms with Gasteiger partial charge in [0.2, 0.25) is 0 Å². The molecule has 3 N–H and O–H groups in total. The van der Waals surface area contributed by atoms with Crippen LogP contribution in [0.4, 0.5) is 5.69 Å². The molecule has 0 amide bonds. The molecule has 1 aromatic rings. The molecule has 6 heteroatoms. The Balaban J connectivity index is 0.00000338. The monoisotopic (exact) mass is 473 g/mol. The SMILES string of the molecule is CCOC(=O)CCCCCCN=C(N)Nc1cccc2c1CCCC2.I. The van der Waals surface area contributed by atoms with E-state index >= 15 is 0 Å². The molecular formula is C20H32IN3O2. The number of anilines is 1. The first kappa shape index (κ1) is 22.7. The third kappa shape index (κ3) is 7.93. The third-order valence-electron chi connectivity index (χ3n) is 4.54. The fraction of sp³-hybridized carbons (Fsp3) is 0.600. The van der Waals surface area contributed by atoms with Gasteiger partial charge in [-0.15, -0.1) is 24.0 Å². The van der Waals surface area contributed by atoms with Crippen molar-refractivity contribution >= 4 is 41.6 Å². The van der Waals surface area contributed by atoms with Gasteiger partial charge in [0.15, 0.2) is 5.96 Å². The van der Waals surface area contributed by atoms with Crippen LogP contribution in [0.15, 0.2) is 23.2 Å². The summed E-state index contributed by atoms with van der Waals surface area (Å²) in [6.07, 6.45) is 9.25. The van der Waals surface area contributed by atoms with Crippen LogP contribution < -0.4 is 11.1 Å². The minimum atomic E-state index is -0.0971. The third-order valence-corrected chi connectivity index (χ3v) is 4.54. The van der Waals surface area contributed by atoms with Crippen LogP contribution in [0.3, 0.4) is 0 Å². The van der Waals surface area contributed by atoms with Gasteiger partial charge in [0.05, 0.1) is 6.61 Å². The van der Waals surface area contributed by atoms with Crippen molar-refractivity contribution in [3.63, 3.8) is 0 Å². The average Bonchev–Trinajstić information content (AvgIpc) is 2.61. The highest BCUT2D eigenvalue weighted by molar-refractivity contribution is 14.0. The van der Waals surface area contributed by atoms with Gasteiger partial charge in [0.25, 0.3) is 0 Å². The molecule has 0 saturated heterocycles. The quantitative estimate of drug-likeness (QED) is 0.183. The summed E-state index contributed by atoms with van der Waals surface area (Å²) in [7, 11) is 0. The molecule has 0 atom stereocenters. The van der Waals surface area contributed by atoms with Gasteiger partial charge in [-0.3, -0.25) is 9.79 Å². The Kier molecular flexibility index (Phi) is 11.3. The first-order valence-electron chi connectivity index (χ1n) is 9.54. The number of unbranched alkanes of at least 4 members (excludes halogenated alkanes) is 3. The molecule has 1 aliphatic rings. The Bertz CT molecular complexity index is 590. The van der Waals surface area contributed by atoms with E-state index in [1.54, 1.807) is 0 Å². The summed E-state index contributed by atoms with van der Waals surface area (Å²) < 4.78 is 4.91. The van der Waals surface area contributed by atoms with Crippen molar-refractivity contribution in [2.45, 2.75) is 64.7 Å². The fourth-order valence-electron chi connectivity index (χ4n) is 3.24. The second kappa shape index (κ2) is 12.9. The number of rotatable bonds is 9. The number of aryl methyl sites for hydroxylation is 1. The predicted molar refractivity (Wildman–Crippen MR) is 118 cm³/mol. The highest BCUT2D eigenvalue weighted by Gasteiger charge is 2.12. The number of guanidine groups is 1. The van der Waals surface area contributed by atoms with E-state index in [4.69, 9.17) is 10.5 Å². The number of nitrogens with zero attached hydrogens (tertiary/aromatic N) is 1. The van der Waals surface area contributed by atoms with Crippen molar-refractivity contribution in [1.82, 2.24) is 0 Å². The lowest BCUT2D eigenvalue weighted by atomic mass is 9.90. The lowest BCUT2D eigenvalue weighted by Gasteiger charge is -2.19. The number of fused-ring (bicyclic) bond motifs is 1. The number of carbonyl (C=O) groups excluding carboxylic acids is 1. The molecule has 1 aliphatic carbocycles. The van der Waals surface area contributed by atoms with Crippen LogP contribution >= 0.6 is 24.0 Å². The van der Waals surface area contributed by atoms with E-state index in [0.717, 1.165) is 44.2 Å². The maximum atomic E-state index is 11.2. The van der Waals surface area contributed by atoms with Gasteiger partial charge < -0.3 is 15.8 Å². The molecule has 1 aromatic carbocycles. The van der Waals surface area contributed by atoms with E-state index in [-0.39, 0.29) is 29.9 Å². The van der Waals surface area contributed by atoms with Crippen molar-refractivity contribution in [2.24, 2.45) is 10.7 Å². The summed E-state index contributed by atoms with van der Waals surface area (Å²) in [6.45, 7) is 3.01. The zero-order valence-electron chi connectivity index (χ0n) is 15.8. The Hall–Kier alpha value is -1.31. The maximum Gasteiger partial charge on any atom is 0.305 e. The number of halogens is 1. The lowest BCUT2D eigenvalue weighted by Crippen LogP contribution is -2.24. The van der Waals surface area contributed by atoms with Crippen molar-refractivity contribution < 1.29 is 9.53 Å². The predicted octanol–water partition coefficient (Wildman–Crippen LogP) is 4.42. The van der Waals surface area contributed by atoms with E-state index in [1.165, 1.54) is 24.0 Å². The molecule has 0 bridgehead atoms. The Labute approximate surface area is 174 Å². The van der Waals surface area contributed by atoms with Crippen molar-refractivity contribution in [3.8, 4) is 0 Å². The van der Waals surface area contributed by atoms with Crippen LogP contribution in [0.25, 0.3) is 0 Å². The summed E-state index contributed by atoms with van der Waals surface area (Å²) in [5.41, 5.74) is 9.97. The zero-order chi connectivity index (χ0) is 17.9. The molecule has 146 valence electrons. The summed E-state index contributed by atoms with van der Waals surface area (Å²) in [6, 6.07) is 6.38. The number of aliphatic imine (C=N–C) groups is 1. The molecule has 0 saturated carbocycles. The van der Waals surface area contributed by atoms with Gasteiger partial charge in [0.1, 0.15) is 0 Å². The Morgan fingerprint density at radius 1 is 1.19 bits per heavy atom. The van der Waals surface area contributed by atoms with Gasteiger partial charge in [-0.2, -0.15) is 0 Å². The second-order valence-corrected chi connectivity index (χ2v) is 6.51. The van der Waals surface area contributed by atoms with Crippen molar-refractivity contribution in [3.05, 3.63) is 29.3 Å². The molecule has 0 aromatic heterocycles. The Morgan fingerprint density at radius 3 is 2.77 bits per heavy atom. The molecule has 0 fully saturated rings. The van der Waals surface area contributed by atoms with Gasteiger partial charge in [0, 0.05) is 18.7 Å². The topological polar surface area (TPSA) is 76.7 Å². The highest BCUT2D eigenvalue weighted by Crippen LogP contribution is 2.27. The van der Waals surface area contributed by atoms with E-state index in [1.807, 2.05) is 6.92 Å². The minimum absolute atomic E-state index is 0. The largest absolute Gasteiger partial charge is 0.466 e. The molecule has 0 radical (unpaired) electrons. The van der Waals surface area contributed by atoms with E-state index < -0.39 is 0 Å². The van der Waals surface area contributed by atoms with Crippen LogP contribution in [0.1, 0.15) is 63.0 Å². The normalized spacial score (nSPS) is 13.5. The molecule has 0 unspecified atom stereocenters. The number of ether oxygens (including phenoxy) is 1. The molecule has 5 nitrogen and oxygen atoms in total. The van der Waals surface area contributed by atoms with Crippen LogP contribution in [0.5, 0.6) is 0 Å². The van der Waals surface area contributed by atoms with Gasteiger partial charge >= 0.3 is 5.97 Å². The second-order valence-electron chi connectivity index (χ2n) is 6.51. The van der Waals surface area contributed by atoms with Crippen LogP contribution in [0.2, 0.25) is 0 Å². The highest BCUT2D eigenvalue weighted by atomic mass is 127. The Morgan fingerprint density at radius 2 is 1.96 bits per heavy atom. The van der Waals surface area contributed by atoms with Gasteiger partial charge in [-0.05, 0) is 62.6 Å². The zero-order valence-corrected chi connectivity index (χ0v) is 18.1.